The number of hydrogen-bond donors (Lipinski definition) is 1. The molecule has 1 fully saturated rings. The van der Waals surface area contributed by atoms with E-state index in [1.807, 2.05) is 0 Å². The first-order valence-corrected chi connectivity index (χ1v) is 6.52. The number of likely N-dealkylation sites (tertiary alicyclic amines) is 1. The summed E-state index contributed by atoms with van der Waals surface area (Å²) in [6.07, 6.45) is 2.34. The fourth-order valence-electron chi connectivity index (χ4n) is 1.92. The average Bonchev–Trinajstić information content (AvgIpc) is 2.70. The molecule has 0 spiro atoms. The van der Waals surface area contributed by atoms with Gasteiger partial charge in [-0.2, -0.15) is 4.37 Å². The molecular formula is C11H17N3O2S. The van der Waals surface area contributed by atoms with Crippen LogP contribution in [-0.4, -0.2) is 38.4 Å². The Kier molecular flexibility index (Phi) is 3.44. The lowest BCUT2D eigenvalue weighted by atomic mass is 9.83. The Morgan fingerprint density at radius 3 is 2.65 bits per heavy atom. The van der Waals surface area contributed by atoms with Gasteiger partial charge in [0.05, 0.1) is 6.54 Å². The van der Waals surface area contributed by atoms with Gasteiger partial charge in [0.15, 0.2) is 5.82 Å². The first-order valence-electron chi connectivity index (χ1n) is 5.74. The molecule has 0 atom stereocenters. The lowest BCUT2D eigenvalue weighted by Gasteiger charge is -2.36. The van der Waals surface area contributed by atoms with Crippen molar-refractivity contribution in [3.8, 4) is 0 Å². The molecule has 0 unspecified atom stereocenters. The van der Waals surface area contributed by atoms with Gasteiger partial charge in [0.2, 0.25) is 5.01 Å². The van der Waals surface area contributed by atoms with Gasteiger partial charge in [-0.25, -0.2) is 9.78 Å². The van der Waals surface area contributed by atoms with Crippen LogP contribution in [0.3, 0.4) is 0 Å². The van der Waals surface area contributed by atoms with Crippen LogP contribution in [0.25, 0.3) is 0 Å². The quantitative estimate of drug-likeness (QED) is 0.893. The van der Waals surface area contributed by atoms with E-state index in [0.29, 0.717) is 17.8 Å². The Balaban J connectivity index is 1.91. The Hall–Kier alpha value is -1.01. The molecule has 0 bridgehead atoms. The zero-order valence-electron chi connectivity index (χ0n) is 10.1. The topological polar surface area (TPSA) is 66.3 Å². The van der Waals surface area contributed by atoms with Gasteiger partial charge >= 0.3 is 5.97 Å². The molecule has 5 nitrogen and oxygen atoms in total. The fourth-order valence-corrected chi connectivity index (χ4v) is 2.44. The molecule has 1 aromatic heterocycles. The van der Waals surface area contributed by atoms with Crippen LogP contribution in [-0.2, 0) is 6.54 Å². The number of carboxylic acids is 1. The first-order chi connectivity index (χ1) is 7.96. The summed E-state index contributed by atoms with van der Waals surface area (Å²) in [6, 6.07) is 0. The lowest BCUT2D eigenvalue weighted by molar-refractivity contribution is 0.0696. The van der Waals surface area contributed by atoms with E-state index in [0.717, 1.165) is 24.6 Å². The van der Waals surface area contributed by atoms with Crippen molar-refractivity contribution >= 4 is 17.5 Å². The van der Waals surface area contributed by atoms with Gasteiger partial charge in [0.25, 0.3) is 0 Å². The van der Waals surface area contributed by atoms with Crippen LogP contribution in [0.15, 0.2) is 0 Å². The van der Waals surface area contributed by atoms with Crippen LogP contribution in [0.5, 0.6) is 0 Å². The van der Waals surface area contributed by atoms with Gasteiger partial charge in [-0.1, -0.05) is 13.8 Å². The highest BCUT2D eigenvalue weighted by atomic mass is 32.1. The highest BCUT2D eigenvalue weighted by Crippen LogP contribution is 2.30. The average molecular weight is 255 g/mol. The van der Waals surface area contributed by atoms with Crippen molar-refractivity contribution in [2.75, 3.05) is 13.1 Å². The maximum Gasteiger partial charge on any atom is 0.366 e. The molecule has 17 heavy (non-hydrogen) atoms. The van der Waals surface area contributed by atoms with Crippen LogP contribution in [0.4, 0.5) is 0 Å². The van der Waals surface area contributed by atoms with Crippen LogP contribution in [0.2, 0.25) is 0 Å². The van der Waals surface area contributed by atoms with Crippen molar-refractivity contribution in [2.24, 2.45) is 5.41 Å². The molecule has 1 aliphatic rings. The van der Waals surface area contributed by atoms with Gasteiger partial charge in [0, 0.05) is 0 Å². The second-order valence-electron chi connectivity index (χ2n) is 5.26. The van der Waals surface area contributed by atoms with Crippen molar-refractivity contribution < 1.29 is 9.90 Å². The number of carbonyl (C=O) groups is 1. The van der Waals surface area contributed by atoms with Crippen molar-refractivity contribution in [1.82, 2.24) is 14.3 Å². The Morgan fingerprint density at radius 1 is 1.47 bits per heavy atom. The van der Waals surface area contributed by atoms with Gasteiger partial charge in [-0.05, 0) is 42.9 Å². The van der Waals surface area contributed by atoms with Crippen LogP contribution in [0.1, 0.15) is 42.3 Å². The monoisotopic (exact) mass is 255 g/mol. The summed E-state index contributed by atoms with van der Waals surface area (Å²) in [4.78, 5) is 17.0. The van der Waals surface area contributed by atoms with Crippen molar-refractivity contribution in [3.63, 3.8) is 0 Å². The minimum atomic E-state index is -0.992. The molecule has 0 aromatic carbocycles. The normalized spacial score (nSPS) is 20.4. The Bertz CT molecular complexity index is 407. The fraction of sp³-hybridized carbons (Fsp3) is 0.727. The zero-order chi connectivity index (χ0) is 12.5. The summed E-state index contributed by atoms with van der Waals surface area (Å²) in [6.45, 7) is 7.31. The third kappa shape index (κ3) is 3.23. The van der Waals surface area contributed by atoms with Gasteiger partial charge in [-0.3, -0.25) is 4.90 Å². The molecule has 1 saturated heterocycles. The lowest BCUT2D eigenvalue weighted by Crippen LogP contribution is -2.37. The predicted octanol–water partition coefficient (Wildman–Crippen LogP) is 1.86. The number of aromatic nitrogens is 2. The van der Waals surface area contributed by atoms with Crippen LogP contribution >= 0.6 is 11.5 Å². The van der Waals surface area contributed by atoms with E-state index in [4.69, 9.17) is 5.11 Å². The van der Waals surface area contributed by atoms with Crippen LogP contribution in [0, 0.1) is 5.41 Å². The number of nitrogens with zero attached hydrogens (tertiary/aromatic N) is 3. The molecule has 94 valence electrons. The molecule has 2 rings (SSSR count). The molecule has 0 aliphatic carbocycles. The van der Waals surface area contributed by atoms with E-state index in [-0.39, 0.29) is 5.01 Å². The van der Waals surface area contributed by atoms with E-state index in [1.54, 1.807) is 0 Å². The number of hydrogen-bond acceptors (Lipinski definition) is 5. The summed E-state index contributed by atoms with van der Waals surface area (Å²) in [5.41, 5.74) is 0.429. The third-order valence-corrected chi connectivity index (χ3v) is 3.97. The second kappa shape index (κ2) is 4.70. The molecule has 1 aromatic rings. The molecule has 0 radical (unpaired) electrons. The SMILES string of the molecule is CC1(C)CCN(Cc2nsc(C(=O)O)n2)CC1. The summed E-state index contributed by atoms with van der Waals surface area (Å²) >= 11 is 0.959. The molecule has 0 saturated carbocycles. The molecule has 2 heterocycles. The summed E-state index contributed by atoms with van der Waals surface area (Å²) in [5.74, 6) is -0.361. The van der Waals surface area contributed by atoms with Crippen LogP contribution < -0.4 is 0 Å². The minimum Gasteiger partial charge on any atom is -0.476 e. The molecule has 1 aliphatic heterocycles. The van der Waals surface area contributed by atoms with Gasteiger partial charge in [0.1, 0.15) is 0 Å². The standard InChI is InChI=1S/C11H17N3O2S/c1-11(2)3-5-14(6-4-11)7-8-12-9(10(15)16)17-13-8/h3-7H2,1-2H3,(H,15,16). The Labute approximate surface area is 105 Å². The van der Waals surface area contributed by atoms with Crippen molar-refractivity contribution in [2.45, 2.75) is 33.2 Å². The molecular weight excluding hydrogens is 238 g/mol. The molecule has 1 N–H and O–H groups in total. The Morgan fingerprint density at radius 2 is 2.12 bits per heavy atom. The highest BCUT2D eigenvalue weighted by molar-refractivity contribution is 7.07. The zero-order valence-corrected chi connectivity index (χ0v) is 11.0. The maximum atomic E-state index is 10.7. The van der Waals surface area contributed by atoms with E-state index >= 15 is 0 Å². The highest BCUT2D eigenvalue weighted by Gasteiger charge is 2.26. The van der Waals surface area contributed by atoms with Crippen molar-refractivity contribution in [3.05, 3.63) is 10.8 Å². The third-order valence-electron chi connectivity index (χ3n) is 3.23. The number of aromatic carboxylic acids is 1. The van der Waals surface area contributed by atoms with Gasteiger partial charge in [-0.15, -0.1) is 0 Å². The second-order valence-corrected chi connectivity index (χ2v) is 6.01. The number of carboxylic acid groups (broad SMARTS) is 1. The summed E-state index contributed by atoms with van der Waals surface area (Å²) in [5, 5.41) is 8.85. The van der Waals surface area contributed by atoms with E-state index in [9.17, 15) is 4.79 Å². The molecule has 0 amide bonds. The van der Waals surface area contributed by atoms with Gasteiger partial charge < -0.3 is 5.11 Å². The summed E-state index contributed by atoms with van der Waals surface area (Å²) < 4.78 is 4.08. The number of piperidine rings is 1. The van der Waals surface area contributed by atoms with E-state index in [2.05, 4.69) is 28.1 Å². The molecule has 6 heteroatoms. The first kappa shape index (κ1) is 12.4. The largest absolute Gasteiger partial charge is 0.476 e. The summed E-state index contributed by atoms with van der Waals surface area (Å²) in [7, 11) is 0. The number of rotatable bonds is 3. The maximum absolute atomic E-state index is 10.7. The smallest absolute Gasteiger partial charge is 0.366 e. The van der Waals surface area contributed by atoms with E-state index in [1.165, 1.54) is 12.8 Å². The van der Waals surface area contributed by atoms with E-state index < -0.39 is 5.97 Å². The minimum absolute atomic E-state index is 0.0809. The predicted molar refractivity (Wildman–Crippen MR) is 65.2 cm³/mol. The van der Waals surface area contributed by atoms with Crippen molar-refractivity contribution in [1.29, 1.82) is 0 Å².